The molecule has 47 heavy (non-hydrogen) atoms. The quantitative estimate of drug-likeness (QED) is 0.217. The third kappa shape index (κ3) is 7.47. The van der Waals surface area contributed by atoms with Gasteiger partial charge in [0.2, 0.25) is 17.1 Å². The molecule has 2 atom stereocenters. The van der Waals surface area contributed by atoms with E-state index in [4.69, 9.17) is 13.9 Å². The largest absolute Gasteiger partial charge is 0.486 e. The standard InChI is InChI=1S/C36H40N4O6S/c1-36(2,3)46-35(43)40-28(24-47-34(40)26-13-9-16-37-23-26)33(42)39-20-18-38(19-21-39)17-10-22-44-32-30(41)27-14-7-8-15-29(27)45-31(32)25-11-5-4-6-12-25/h4-9,11-16,23,28,34H,10,17-22,24H2,1-3H3/t28-,34?/m0/s1. The van der Waals surface area contributed by atoms with Crippen molar-refractivity contribution in [3.05, 3.63) is 94.9 Å². The Morgan fingerprint density at radius 1 is 0.979 bits per heavy atom. The van der Waals surface area contributed by atoms with Gasteiger partial charge in [-0.2, -0.15) is 0 Å². The Labute approximate surface area is 278 Å². The second-order valence-electron chi connectivity index (χ2n) is 12.7. The smallest absolute Gasteiger partial charge is 0.412 e. The molecule has 0 bridgehead atoms. The van der Waals surface area contributed by atoms with Crippen molar-refractivity contribution < 1.29 is 23.5 Å². The lowest BCUT2D eigenvalue weighted by Crippen LogP contribution is -2.55. The number of piperazine rings is 1. The predicted molar refractivity (Wildman–Crippen MR) is 182 cm³/mol. The fraction of sp³-hybridized carbons (Fsp3) is 0.389. The number of ether oxygens (including phenoxy) is 2. The zero-order valence-electron chi connectivity index (χ0n) is 27.0. The van der Waals surface area contributed by atoms with Crippen LogP contribution in [-0.2, 0) is 9.53 Å². The van der Waals surface area contributed by atoms with E-state index >= 15 is 0 Å². The van der Waals surface area contributed by atoms with E-state index < -0.39 is 17.7 Å². The van der Waals surface area contributed by atoms with Crippen LogP contribution in [0.25, 0.3) is 22.3 Å². The minimum absolute atomic E-state index is 0.0609. The number of benzene rings is 2. The Bertz CT molecular complexity index is 1750. The van der Waals surface area contributed by atoms with E-state index in [1.165, 1.54) is 0 Å². The number of fused-ring (bicyclic) bond motifs is 1. The molecule has 2 aromatic heterocycles. The van der Waals surface area contributed by atoms with Gasteiger partial charge in [-0.3, -0.25) is 24.4 Å². The summed E-state index contributed by atoms with van der Waals surface area (Å²) >= 11 is 1.56. The fourth-order valence-electron chi connectivity index (χ4n) is 5.91. The number of amides is 2. The molecule has 4 heterocycles. The van der Waals surface area contributed by atoms with Crippen LogP contribution in [0.5, 0.6) is 5.75 Å². The Morgan fingerprint density at radius 2 is 1.72 bits per heavy atom. The van der Waals surface area contributed by atoms with Gasteiger partial charge in [0.25, 0.3) is 0 Å². The third-order valence-electron chi connectivity index (χ3n) is 8.20. The maximum absolute atomic E-state index is 13.8. The van der Waals surface area contributed by atoms with Gasteiger partial charge in [-0.25, -0.2) is 4.79 Å². The SMILES string of the molecule is CC(C)(C)OC(=O)N1C(c2cccnc2)SC[C@H]1C(=O)N1CCN(CCCOc2c(-c3ccccc3)oc3ccccc3c2=O)CC1. The normalized spacial score (nSPS) is 18.8. The minimum Gasteiger partial charge on any atom is -0.486 e. The molecule has 0 aliphatic carbocycles. The van der Waals surface area contributed by atoms with Crippen molar-refractivity contribution >= 4 is 34.7 Å². The Kier molecular flexibility index (Phi) is 9.84. The van der Waals surface area contributed by atoms with Crippen molar-refractivity contribution in [3.8, 4) is 17.1 Å². The number of nitrogens with zero attached hydrogens (tertiary/aromatic N) is 4. The predicted octanol–water partition coefficient (Wildman–Crippen LogP) is 5.82. The molecule has 0 spiro atoms. The van der Waals surface area contributed by atoms with Crippen LogP contribution in [-0.4, -0.2) is 88.4 Å². The van der Waals surface area contributed by atoms with E-state index in [9.17, 15) is 14.4 Å². The molecule has 2 fully saturated rings. The maximum Gasteiger partial charge on any atom is 0.412 e. The number of hydrogen-bond donors (Lipinski definition) is 0. The van der Waals surface area contributed by atoms with Crippen LogP contribution < -0.4 is 10.2 Å². The van der Waals surface area contributed by atoms with E-state index in [1.54, 1.807) is 41.2 Å². The highest BCUT2D eigenvalue weighted by Gasteiger charge is 2.46. The average Bonchev–Trinajstić information content (AvgIpc) is 3.53. The molecule has 11 heteroatoms. The Hall–Kier alpha value is -4.35. The van der Waals surface area contributed by atoms with Crippen LogP contribution in [0.2, 0.25) is 0 Å². The van der Waals surface area contributed by atoms with Crippen molar-refractivity contribution in [2.75, 3.05) is 45.1 Å². The molecular weight excluding hydrogens is 616 g/mol. The monoisotopic (exact) mass is 656 g/mol. The average molecular weight is 657 g/mol. The number of carbonyl (C=O) groups excluding carboxylic acids is 2. The second kappa shape index (κ2) is 14.2. The van der Waals surface area contributed by atoms with Crippen LogP contribution in [0.1, 0.15) is 38.1 Å². The van der Waals surface area contributed by atoms with Gasteiger partial charge in [0.15, 0.2) is 5.76 Å². The molecule has 2 aromatic carbocycles. The summed E-state index contributed by atoms with van der Waals surface area (Å²) in [4.78, 5) is 50.6. The molecule has 0 N–H and O–H groups in total. The van der Waals surface area contributed by atoms with Crippen LogP contribution in [0, 0.1) is 0 Å². The lowest BCUT2D eigenvalue weighted by molar-refractivity contribution is -0.137. The molecule has 2 saturated heterocycles. The first-order valence-electron chi connectivity index (χ1n) is 16.0. The van der Waals surface area contributed by atoms with Crippen molar-refractivity contribution in [1.29, 1.82) is 0 Å². The summed E-state index contributed by atoms with van der Waals surface area (Å²) in [5.74, 6) is 1.08. The first-order chi connectivity index (χ1) is 22.7. The molecule has 2 aliphatic rings. The van der Waals surface area contributed by atoms with Crippen molar-refractivity contribution in [2.24, 2.45) is 0 Å². The van der Waals surface area contributed by atoms with Crippen molar-refractivity contribution in [1.82, 2.24) is 19.7 Å². The number of thioether (sulfide) groups is 1. The number of para-hydroxylation sites is 1. The molecule has 0 radical (unpaired) electrons. The third-order valence-corrected chi connectivity index (χ3v) is 9.52. The molecule has 2 aliphatic heterocycles. The highest BCUT2D eigenvalue weighted by atomic mass is 32.2. The Balaban J connectivity index is 1.05. The van der Waals surface area contributed by atoms with Gasteiger partial charge in [0.05, 0.1) is 12.0 Å². The van der Waals surface area contributed by atoms with Gasteiger partial charge < -0.3 is 18.8 Å². The van der Waals surface area contributed by atoms with Gasteiger partial charge in [0.1, 0.15) is 22.6 Å². The van der Waals surface area contributed by atoms with Gasteiger partial charge in [0, 0.05) is 62.0 Å². The van der Waals surface area contributed by atoms with Crippen molar-refractivity contribution in [3.63, 3.8) is 0 Å². The summed E-state index contributed by atoms with van der Waals surface area (Å²) in [5.41, 5.74) is 1.30. The molecular formula is C36H40N4O6S. The Morgan fingerprint density at radius 3 is 2.45 bits per heavy atom. The highest BCUT2D eigenvalue weighted by Crippen LogP contribution is 2.42. The minimum atomic E-state index is -0.686. The molecule has 246 valence electrons. The van der Waals surface area contributed by atoms with Crippen LogP contribution in [0.4, 0.5) is 4.79 Å². The topological polar surface area (TPSA) is 105 Å². The number of carbonyl (C=O) groups is 2. The first-order valence-corrected chi connectivity index (χ1v) is 17.0. The molecule has 0 saturated carbocycles. The first kappa shape index (κ1) is 32.6. The summed E-state index contributed by atoms with van der Waals surface area (Å²) in [7, 11) is 0. The van der Waals surface area contributed by atoms with Crippen LogP contribution in [0.3, 0.4) is 0 Å². The van der Waals surface area contributed by atoms with Gasteiger partial charge in [-0.15, -0.1) is 11.8 Å². The lowest BCUT2D eigenvalue weighted by atomic mass is 10.1. The lowest BCUT2D eigenvalue weighted by Gasteiger charge is -2.38. The summed E-state index contributed by atoms with van der Waals surface area (Å²) in [6.45, 7) is 9.12. The van der Waals surface area contributed by atoms with Crippen LogP contribution in [0.15, 0.2) is 88.3 Å². The van der Waals surface area contributed by atoms with Gasteiger partial charge >= 0.3 is 6.09 Å². The number of aromatic nitrogens is 1. The number of rotatable bonds is 8. The second-order valence-corrected chi connectivity index (χ2v) is 13.8. The van der Waals surface area contributed by atoms with E-state index in [-0.39, 0.29) is 22.5 Å². The van der Waals surface area contributed by atoms with Gasteiger partial charge in [-0.05, 0) is 45.4 Å². The van der Waals surface area contributed by atoms with E-state index in [1.807, 2.05) is 80.3 Å². The summed E-state index contributed by atoms with van der Waals surface area (Å²) in [6.07, 6.45) is 3.63. The number of pyridine rings is 1. The van der Waals surface area contributed by atoms with Gasteiger partial charge in [-0.1, -0.05) is 48.5 Å². The zero-order chi connectivity index (χ0) is 33.0. The fourth-order valence-corrected chi connectivity index (χ4v) is 7.31. The molecule has 1 unspecified atom stereocenters. The van der Waals surface area contributed by atoms with E-state index in [0.29, 0.717) is 61.7 Å². The zero-order valence-corrected chi connectivity index (χ0v) is 27.8. The molecule has 4 aromatic rings. The molecule has 2 amide bonds. The molecule has 10 nitrogen and oxygen atoms in total. The van der Waals surface area contributed by atoms with Crippen LogP contribution >= 0.6 is 11.8 Å². The number of hydrogen-bond acceptors (Lipinski definition) is 9. The summed E-state index contributed by atoms with van der Waals surface area (Å²) in [5, 5.41) is 0.141. The summed E-state index contributed by atoms with van der Waals surface area (Å²) < 4.78 is 18.0. The molecule has 6 rings (SSSR count). The van der Waals surface area contributed by atoms with E-state index in [0.717, 1.165) is 17.7 Å². The van der Waals surface area contributed by atoms with Crippen molar-refractivity contribution in [2.45, 2.75) is 44.2 Å². The summed E-state index contributed by atoms with van der Waals surface area (Å²) in [6, 6.07) is 19.9. The highest BCUT2D eigenvalue weighted by molar-refractivity contribution is 7.99. The maximum atomic E-state index is 13.8. The van der Waals surface area contributed by atoms with E-state index in [2.05, 4.69) is 9.88 Å².